The Morgan fingerprint density at radius 2 is 0.836 bits per heavy atom. The molecule has 0 saturated carbocycles. The second-order valence-corrected chi connectivity index (χ2v) is 34.9. The number of nitrogens with one attached hydrogen (secondary N) is 7. The van der Waals surface area contributed by atoms with Gasteiger partial charge in [-0.1, -0.05) is 82.5 Å². The van der Waals surface area contributed by atoms with Crippen molar-refractivity contribution in [1.82, 2.24) is 59.0 Å². The van der Waals surface area contributed by atoms with Crippen LogP contribution in [0.3, 0.4) is 0 Å². The maximum absolute atomic E-state index is 14.1. The molecule has 12 aromatic rings. The molecule has 128 heavy (non-hydrogen) atoms. The van der Waals surface area contributed by atoms with Crippen molar-refractivity contribution in [2.45, 2.75) is 117 Å². The average molecular weight is 1910 g/mol. The van der Waals surface area contributed by atoms with Crippen LogP contribution >= 0.6 is 29.4 Å². The number of nitrogens with two attached hydrogens (primary N) is 1. The number of allylic oxidation sites excluding steroid dienone is 1. The van der Waals surface area contributed by atoms with Gasteiger partial charge in [-0.3, -0.25) is 62.5 Å². The quantitative estimate of drug-likeness (QED) is 0.00750. The number of hydrogen-bond acceptors (Lipinski definition) is 17. The number of nitro groups is 1. The Hall–Kier alpha value is -13.2. The van der Waals surface area contributed by atoms with Crippen LogP contribution in [-0.2, 0) is 48.9 Å². The van der Waals surface area contributed by atoms with Crippen LogP contribution in [0.15, 0.2) is 208 Å². The zero-order valence-electron chi connectivity index (χ0n) is 70.0. The molecule has 3 aliphatic heterocycles. The van der Waals surface area contributed by atoms with Gasteiger partial charge in [0.05, 0.1) is 74.1 Å². The molecule has 6 atom stereocenters. The van der Waals surface area contributed by atoms with Crippen LogP contribution in [0.2, 0.25) is 0 Å². The zero-order valence-corrected chi connectivity index (χ0v) is 75.1. The molecule has 9 heterocycles. The molecule has 0 saturated heterocycles. The summed E-state index contributed by atoms with van der Waals surface area (Å²) >= 11 is 3.88. The van der Waals surface area contributed by atoms with E-state index in [2.05, 4.69) is 59.6 Å². The van der Waals surface area contributed by atoms with Crippen molar-refractivity contribution in [3.63, 3.8) is 0 Å². The molecule has 7 amide bonds. The molecule has 31 nitrogen and oxygen atoms in total. The zero-order chi connectivity index (χ0) is 92.5. The molecule has 0 aliphatic carbocycles. The van der Waals surface area contributed by atoms with Crippen LogP contribution in [0.25, 0.3) is 0 Å². The summed E-state index contributed by atoms with van der Waals surface area (Å²) < 4.78 is 46.4. The van der Waals surface area contributed by atoms with Crippen molar-refractivity contribution >= 4 is 129 Å². The Morgan fingerprint density at radius 3 is 1.16 bits per heavy atom. The molecule has 12 N–H and O–H groups in total. The van der Waals surface area contributed by atoms with Crippen LogP contribution < -0.4 is 27.0 Å². The van der Waals surface area contributed by atoms with Gasteiger partial charge in [-0.25, -0.2) is 13.2 Å². The van der Waals surface area contributed by atoms with E-state index in [4.69, 9.17) is 40.3 Å². The van der Waals surface area contributed by atoms with Crippen molar-refractivity contribution in [1.29, 1.82) is 0 Å². The van der Waals surface area contributed by atoms with Gasteiger partial charge in [0.15, 0.2) is 17.1 Å². The van der Waals surface area contributed by atoms with E-state index in [1.807, 2.05) is 20.8 Å². The Labute approximate surface area is 755 Å². The molecule has 0 fully saturated rings. The summed E-state index contributed by atoms with van der Waals surface area (Å²) in [5, 5.41) is 66.1. The van der Waals surface area contributed by atoms with E-state index in [-0.39, 0.29) is 103 Å². The van der Waals surface area contributed by atoms with Crippen molar-refractivity contribution in [3.8, 4) is 0 Å². The fourth-order valence-electron chi connectivity index (χ4n) is 15.2. The van der Waals surface area contributed by atoms with Gasteiger partial charge in [-0.15, -0.1) is 0 Å². The summed E-state index contributed by atoms with van der Waals surface area (Å²) in [6, 6.07) is 42.5. The number of aliphatic hydroxyl groups is 3. The van der Waals surface area contributed by atoms with Crippen LogP contribution in [-0.4, -0.2) is 164 Å². The molecule has 38 heteroatoms. The number of nitrogens with zero attached hydrogens (tertiary/aromatic N) is 10. The molecule has 3 aliphatic rings. The number of amides is 7. The summed E-state index contributed by atoms with van der Waals surface area (Å²) in [6.45, 7) is 19.2. The predicted octanol–water partition coefficient (Wildman–Crippen LogP) is 14.9. The first kappa shape index (κ1) is 95.4. The van der Waals surface area contributed by atoms with Crippen LogP contribution in [0, 0.1) is 27.6 Å². The fourth-order valence-corrected chi connectivity index (χ4v) is 15.2. The number of aromatic nitrogens is 9. The number of H-pyrrole nitrogens is 3. The second kappa shape index (κ2) is 43.3. The van der Waals surface area contributed by atoms with E-state index in [1.165, 1.54) is 35.0 Å². The Bertz CT molecular complexity index is 6100. The molecule has 15 rings (SSSR count). The van der Waals surface area contributed by atoms with Gasteiger partial charge in [0, 0.05) is 118 Å². The minimum atomic E-state index is -0.826. The summed E-state index contributed by atoms with van der Waals surface area (Å²) in [5.74, 6) is -4.83. The number of hydrogen-bond donors (Lipinski definition) is 11. The number of carbonyl (C=O) groups is 8. The average Bonchev–Trinajstić information content (AvgIpc) is 1.61. The van der Waals surface area contributed by atoms with Gasteiger partial charge in [0.2, 0.25) is 11.1 Å². The Morgan fingerprint density at radius 1 is 0.508 bits per heavy atom. The monoisotopic (exact) mass is 1910 g/mol. The van der Waals surface area contributed by atoms with Gasteiger partial charge in [0.1, 0.15) is 34.5 Å². The molecule has 664 valence electrons. The number of nitrogen functional groups attached to an aromatic ring is 1. The first-order valence-electron chi connectivity index (χ1n) is 40.0. The molecular formula is C90H90Cl3F3N18O13Sn. The predicted molar refractivity (Wildman–Crippen MR) is 479 cm³/mol. The topological polar surface area (TPSA) is 425 Å². The second-order valence-electron chi connectivity index (χ2n) is 30.3. The standard InChI is InChI=1S/C31H31FN6O4.C28H27FN6O5.C28H29FN6O3.C3H3ClO.2ClH.Sn/c1-4-27(40)35-26-14-22(32)11-10-21(26)16-38-29-18(2)15-37(31(42)25-9-6-12-33-25)17-24(29)28(36-38)30(41)34-23-8-5-7-20(13-23)19(3)39;1-16-13-33(28(38)23-7-4-10-30-23)15-22-25(27(37)31-21-6-3-5-18(11-21)17(2)36)32-34(26(16)22)14-19-8-9-20(29)12-24(19)35(39)40;1-16-13-34(28(38)24-7-4-10-31-24)15-22-25(27(37)32-21-6-3-5-18(11-21)17(2)36)33-35(26(16)22)14-19-8-9-20(29)12-23(19)30;1-2-3(4)5;;;/h4-14,18-19,33,39H,1,15-17H2,2-3H3,(H,34,41)(H,35,40);3-12,16-17,30,36H,13-15H2,1-2H3,(H,31,37);3-12,16-17,31,36H,13-15,30H2,1-2H3,(H,32,37);2H,1H2;2*1H;/q;;;;;;+2/p-2/t18?,19-;2*16?,17-;;;;/m000..../s1. The number of aliphatic hydroxyl groups excluding tert-OH is 3. The van der Waals surface area contributed by atoms with E-state index in [9.17, 15) is 77.0 Å². The normalized spacial score (nSPS) is 14.8. The third-order valence-corrected chi connectivity index (χ3v) is 21.2. The molecule has 0 spiro atoms. The summed E-state index contributed by atoms with van der Waals surface area (Å²) in [7, 11) is 9.87. The number of aromatic amines is 3. The number of nitro benzene ring substituents is 1. The van der Waals surface area contributed by atoms with Gasteiger partial charge in [0.25, 0.3) is 41.1 Å². The molecule has 0 bridgehead atoms. The van der Waals surface area contributed by atoms with Crippen molar-refractivity contribution in [2.75, 3.05) is 46.6 Å². The van der Waals surface area contributed by atoms with E-state index in [0.717, 1.165) is 35.7 Å². The number of anilines is 5. The summed E-state index contributed by atoms with van der Waals surface area (Å²) in [5.41, 5.74) is 16.8. The van der Waals surface area contributed by atoms with Gasteiger partial charge in [-0.2, -0.15) is 15.3 Å². The third-order valence-electron chi connectivity index (χ3n) is 21.1. The Kier molecular flexibility index (Phi) is 32.3. The van der Waals surface area contributed by atoms with Crippen LogP contribution in [0.1, 0.15) is 208 Å². The van der Waals surface area contributed by atoms with Gasteiger partial charge in [-0.05, 0) is 182 Å². The number of halogens is 6. The summed E-state index contributed by atoms with van der Waals surface area (Å²) in [6.07, 6.45) is 5.03. The number of benzene rings is 6. The van der Waals surface area contributed by atoms with Gasteiger partial charge < -0.3 is 72.0 Å². The molecule has 6 aromatic carbocycles. The molecular weight excluding hydrogens is 1820 g/mol. The van der Waals surface area contributed by atoms with Gasteiger partial charge >= 0.3 is 36.7 Å². The van der Waals surface area contributed by atoms with Crippen molar-refractivity contribution < 1.29 is 71.8 Å². The van der Waals surface area contributed by atoms with Crippen molar-refractivity contribution in [3.05, 3.63) is 337 Å². The molecule has 2 radical (unpaired) electrons. The van der Waals surface area contributed by atoms with Crippen molar-refractivity contribution in [2.24, 2.45) is 0 Å². The van der Waals surface area contributed by atoms with Crippen LogP contribution in [0.5, 0.6) is 0 Å². The first-order valence-corrected chi connectivity index (χ1v) is 47.6. The number of fused-ring (bicyclic) bond motifs is 3. The maximum atomic E-state index is 14.1. The Balaban J connectivity index is 0.000000178. The number of carbonyl (C=O) groups excluding carboxylic acids is 8. The van der Waals surface area contributed by atoms with Crippen LogP contribution in [0.4, 0.5) is 47.3 Å². The van der Waals surface area contributed by atoms with E-state index >= 15 is 0 Å². The van der Waals surface area contributed by atoms with E-state index in [0.29, 0.717) is 110 Å². The minimum absolute atomic E-state index is 0.0676. The van der Waals surface area contributed by atoms with E-state index < -0.39 is 94.1 Å². The molecule has 3 unspecified atom stereocenters. The number of rotatable bonds is 22. The SMILES string of the molecule is C=CC(=O)Cl.C=CC(=O)Nc1cc(F)ccc1Cn1nc(C(=O)Nc2cccc([C@H](C)O)c2)c2c1C(C)CN(C(=O)c1ccc[nH]1)C2.CC1CN(C(=O)c2ccc[nH]2)Cc2c(C(=O)Nc3cccc([C@H](C)O)c3)nn(Cc3ccc(F)cc3N)c21.CC1CN(C(=O)c2ccc[nH]2)Cc2c(C(=O)Nc3cccc([C@H](C)O)c3)nn(Cc3ccc(F)cc3[N+](=O)[O-])c21.[Cl][Sn][Cl]. The summed E-state index contributed by atoms with van der Waals surface area (Å²) in [4.78, 5) is 127. The third kappa shape index (κ3) is 23.5. The fraction of sp³-hybridized carbons (Fsp3) is 0.233. The molecule has 6 aromatic heterocycles. The first-order chi connectivity index (χ1) is 61.1. The van der Waals surface area contributed by atoms with E-state index in [1.54, 1.807) is 185 Å².